The van der Waals surface area contributed by atoms with Gasteiger partial charge in [-0.05, 0) is 54.3 Å². The largest absolute Gasteiger partial charge is 0.379 e. The van der Waals surface area contributed by atoms with Crippen molar-refractivity contribution >= 4 is 26.0 Å². The number of morpholine rings is 1. The van der Waals surface area contributed by atoms with E-state index in [0.29, 0.717) is 32.7 Å². The van der Waals surface area contributed by atoms with Crippen molar-refractivity contribution in [1.29, 1.82) is 0 Å². The summed E-state index contributed by atoms with van der Waals surface area (Å²) in [7, 11) is -7.25. The SMILES string of the molecule is C[C@@H](NS(=O)(=O)c1ccc(CCC(=O)NCc2ccc(S(=O)(=O)N3CCOCC3)cc2)cc1)c1ccccc1. The number of hydrogen-bond acceptors (Lipinski definition) is 6. The summed E-state index contributed by atoms with van der Waals surface area (Å²) < 4.78 is 60.3. The van der Waals surface area contributed by atoms with Gasteiger partial charge in [0.15, 0.2) is 0 Å². The van der Waals surface area contributed by atoms with Crippen LogP contribution in [0.15, 0.2) is 88.7 Å². The molecule has 0 spiro atoms. The zero-order valence-corrected chi connectivity index (χ0v) is 23.4. The van der Waals surface area contributed by atoms with E-state index in [1.165, 1.54) is 4.31 Å². The quantitative estimate of drug-likeness (QED) is 0.365. The third kappa shape index (κ3) is 7.74. The summed E-state index contributed by atoms with van der Waals surface area (Å²) in [6.45, 7) is 3.52. The molecule has 1 saturated heterocycles. The van der Waals surface area contributed by atoms with Crippen molar-refractivity contribution in [2.24, 2.45) is 0 Å². The van der Waals surface area contributed by atoms with Crippen LogP contribution in [0, 0.1) is 0 Å². The van der Waals surface area contributed by atoms with Crippen LogP contribution in [0.5, 0.6) is 0 Å². The lowest BCUT2D eigenvalue weighted by Gasteiger charge is -2.26. The number of aryl methyl sites for hydroxylation is 1. The van der Waals surface area contributed by atoms with Crippen molar-refractivity contribution in [2.45, 2.75) is 42.1 Å². The van der Waals surface area contributed by atoms with Gasteiger partial charge in [0, 0.05) is 32.1 Å². The Morgan fingerprint density at radius 3 is 2.08 bits per heavy atom. The minimum Gasteiger partial charge on any atom is -0.379 e. The van der Waals surface area contributed by atoms with Crippen LogP contribution in [0.2, 0.25) is 0 Å². The molecule has 1 fully saturated rings. The Kier molecular flexibility index (Phi) is 9.52. The van der Waals surface area contributed by atoms with Gasteiger partial charge in [-0.1, -0.05) is 54.6 Å². The molecule has 3 aromatic carbocycles. The van der Waals surface area contributed by atoms with Gasteiger partial charge in [0.2, 0.25) is 26.0 Å². The van der Waals surface area contributed by atoms with E-state index < -0.39 is 20.0 Å². The van der Waals surface area contributed by atoms with E-state index in [1.807, 2.05) is 30.3 Å². The third-order valence-corrected chi connectivity index (χ3v) is 10.00. The van der Waals surface area contributed by atoms with Crippen LogP contribution in [-0.2, 0) is 42.5 Å². The number of benzene rings is 3. The number of amides is 1. The summed E-state index contributed by atoms with van der Waals surface area (Å²) >= 11 is 0. The number of sulfonamides is 2. The lowest BCUT2D eigenvalue weighted by Crippen LogP contribution is -2.40. The maximum atomic E-state index is 12.8. The molecule has 1 aliphatic heterocycles. The highest BCUT2D eigenvalue weighted by Gasteiger charge is 2.26. The van der Waals surface area contributed by atoms with Crippen LogP contribution in [-0.4, -0.2) is 53.4 Å². The second-order valence-corrected chi connectivity index (χ2v) is 13.0. The van der Waals surface area contributed by atoms with Gasteiger partial charge in [-0.25, -0.2) is 21.6 Å². The Morgan fingerprint density at radius 2 is 1.44 bits per heavy atom. The van der Waals surface area contributed by atoms with Gasteiger partial charge in [0.1, 0.15) is 0 Å². The lowest BCUT2D eigenvalue weighted by molar-refractivity contribution is -0.121. The third-order valence-electron chi connectivity index (χ3n) is 6.53. The summed E-state index contributed by atoms with van der Waals surface area (Å²) in [5, 5.41) is 2.84. The molecule has 9 nitrogen and oxygen atoms in total. The summed E-state index contributed by atoms with van der Waals surface area (Å²) in [5.74, 6) is -0.157. The molecule has 4 rings (SSSR count). The first kappa shape index (κ1) is 28.9. The highest BCUT2D eigenvalue weighted by atomic mass is 32.2. The van der Waals surface area contributed by atoms with Crippen molar-refractivity contribution in [3.05, 3.63) is 95.6 Å². The maximum absolute atomic E-state index is 12.8. The highest BCUT2D eigenvalue weighted by Crippen LogP contribution is 2.19. The molecule has 0 saturated carbocycles. The first-order valence-electron chi connectivity index (χ1n) is 12.7. The first-order valence-corrected chi connectivity index (χ1v) is 15.7. The summed E-state index contributed by atoms with van der Waals surface area (Å²) in [5.41, 5.74) is 2.51. The zero-order valence-electron chi connectivity index (χ0n) is 21.7. The molecule has 208 valence electrons. The Morgan fingerprint density at radius 1 is 0.846 bits per heavy atom. The van der Waals surface area contributed by atoms with Crippen molar-refractivity contribution in [2.75, 3.05) is 26.3 Å². The fraction of sp³-hybridized carbons (Fsp3) is 0.321. The molecule has 0 unspecified atom stereocenters. The van der Waals surface area contributed by atoms with E-state index in [2.05, 4.69) is 10.0 Å². The van der Waals surface area contributed by atoms with Gasteiger partial charge < -0.3 is 10.1 Å². The number of rotatable bonds is 11. The van der Waals surface area contributed by atoms with Gasteiger partial charge >= 0.3 is 0 Å². The van der Waals surface area contributed by atoms with E-state index in [9.17, 15) is 21.6 Å². The lowest BCUT2D eigenvalue weighted by atomic mass is 10.1. The van der Waals surface area contributed by atoms with Gasteiger partial charge in [0.25, 0.3) is 0 Å². The molecule has 39 heavy (non-hydrogen) atoms. The highest BCUT2D eigenvalue weighted by molar-refractivity contribution is 7.89. The molecule has 1 amide bonds. The monoisotopic (exact) mass is 571 g/mol. The number of nitrogens with zero attached hydrogens (tertiary/aromatic N) is 1. The first-order chi connectivity index (χ1) is 18.6. The molecule has 2 N–H and O–H groups in total. The predicted octanol–water partition coefficient (Wildman–Crippen LogP) is 3.00. The standard InChI is InChI=1S/C28H33N3O6S2/c1-22(25-5-3-2-4-6-25)30-38(33,34)26-12-7-23(8-13-26)11-16-28(32)29-21-24-9-14-27(15-10-24)39(35,36)31-17-19-37-20-18-31/h2-10,12-15,22,30H,11,16-21H2,1H3,(H,29,32)/t22-/m1/s1. The van der Waals surface area contributed by atoms with Gasteiger partial charge in [-0.3, -0.25) is 4.79 Å². The molecule has 0 aromatic heterocycles. The number of carbonyl (C=O) groups excluding carboxylic acids is 1. The summed E-state index contributed by atoms with van der Waals surface area (Å²) in [4.78, 5) is 12.8. The zero-order chi connectivity index (χ0) is 27.9. The number of carbonyl (C=O) groups is 1. The minimum absolute atomic E-state index is 0.157. The van der Waals surface area contributed by atoms with E-state index in [-0.39, 0.29) is 34.7 Å². The van der Waals surface area contributed by atoms with Crippen LogP contribution in [0.3, 0.4) is 0 Å². The summed E-state index contributed by atoms with van der Waals surface area (Å²) in [6, 6.07) is 22.0. The Balaban J connectivity index is 1.24. The molecular formula is C28H33N3O6S2. The second-order valence-electron chi connectivity index (χ2n) is 9.33. The number of nitrogens with one attached hydrogen (secondary N) is 2. The van der Waals surface area contributed by atoms with E-state index in [0.717, 1.165) is 16.7 Å². The van der Waals surface area contributed by atoms with Gasteiger partial charge in [0.05, 0.1) is 23.0 Å². The van der Waals surface area contributed by atoms with E-state index in [1.54, 1.807) is 55.5 Å². The van der Waals surface area contributed by atoms with E-state index in [4.69, 9.17) is 4.74 Å². The van der Waals surface area contributed by atoms with Gasteiger partial charge in [-0.2, -0.15) is 4.31 Å². The average Bonchev–Trinajstić information content (AvgIpc) is 2.96. The van der Waals surface area contributed by atoms with E-state index >= 15 is 0 Å². The summed E-state index contributed by atoms with van der Waals surface area (Å²) in [6.07, 6.45) is 0.690. The molecule has 3 aromatic rings. The topological polar surface area (TPSA) is 122 Å². The van der Waals surface area contributed by atoms with Crippen molar-refractivity contribution in [3.63, 3.8) is 0 Å². The molecule has 1 heterocycles. The molecule has 11 heteroatoms. The van der Waals surface area contributed by atoms with Crippen LogP contribution < -0.4 is 10.0 Å². The molecular weight excluding hydrogens is 538 g/mol. The molecule has 1 aliphatic rings. The second kappa shape index (κ2) is 12.8. The van der Waals surface area contributed by atoms with Crippen molar-refractivity contribution < 1.29 is 26.4 Å². The average molecular weight is 572 g/mol. The maximum Gasteiger partial charge on any atom is 0.243 e. The van der Waals surface area contributed by atoms with Crippen LogP contribution in [0.4, 0.5) is 0 Å². The normalized spacial score (nSPS) is 15.5. The number of ether oxygens (including phenoxy) is 1. The van der Waals surface area contributed by atoms with Gasteiger partial charge in [-0.15, -0.1) is 0 Å². The smallest absolute Gasteiger partial charge is 0.243 e. The predicted molar refractivity (Wildman–Crippen MR) is 148 cm³/mol. The molecule has 1 atom stereocenters. The Labute approximate surface area is 230 Å². The fourth-order valence-electron chi connectivity index (χ4n) is 4.21. The van der Waals surface area contributed by atoms with Crippen molar-refractivity contribution in [3.8, 4) is 0 Å². The van der Waals surface area contributed by atoms with Crippen LogP contribution in [0.25, 0.3) is 0 Å². The fourth-order valence-corrected chi connectivity index (χ4v) is 6.85. The minimum atomic E-state index is -3.69. The van der Waals surface area contributed by atoms with Crippen LogP contribution in [0.1, 0.15) is 36.1 Å². The molecule has 0 aliphatic carbocycles. The Hall–Kier alpha value is -3.09. The number of hydrogen-bond donors (Lipinski definition) is 2. The van der Waals surface area contributed by atoms with Crippen molar-refractivity contribution in [1.82, 2.24) is 14.3 Å². The van der Waals surface area contributed by atoms with Crippen LogP contribution >= 0.6 is 0 Å². The Bertz CT molecular complexity index is 1450. The molecule has 0 radical (unpaired) electrons. The molecule has 0 bridgehead atoms.